The Morgan fingerprint density at radius 2 is 2.14 bits per heavy atom. The highest BCUT2D eigenvalue weighted by Crippen LogP contribution is 2.24. The summed E-state index contributed by atoms with van der Waals surface area (Å²) < 4.78 is 7.16. The quantitative estimate of drug-likeness (QED) is 0.753. The highest BCUT2D eigenvalue weighted by atomic mass is 16.5. The molecule has 21 heavy (non-hydrogen) atoms. The number of methoxy groups -OCH3 is 1. The number of aromatic nitrogens is 3. The van der Waals surface area contributed by atoms with Crippen molar-refractivity contribution in [2.24, 2.45) is 0 Å². The number of para-hydroxylation sites is 1. The van der Waals surface area contributed by atoms with Gasteiger partial charge in [-0.3, -0.25) is 0 Å². The highest BCUT2D eigenvalue weighted by molar-refractivity contribution is 5.72. The summed E-state index contributed by atoms with van der Waals surface area (Å²) in [6.07, 6.45) is 5.54. The van der Waals surface area contributed by atoms with Crippen molar-refractivity contribution in [3.63, 3.8) is 0 Å². The van der Waals surface area contributed by atoms with Crippen LogP contribution in [0, 0.1) is 0 Å². The molecule has 0 radical (unpaired) electrons. The molecule has 2 N–H and O–H groups in total. The molecule has 1 aromatic carbocycles. The number of hydrogen-bond donors (Lipinski definition) is 2. The van der Waals surface area contributed by atoms with E-state index in [9.17, 15) is 0 Å². The monoisotopic (exact) mass is 283 g/mol. The summed E-state index contributed by atoms with van der Waals surface area (Å²) in [5.74, 6) is 1.47. The molecule has 0 spiro atoms. The normalized spacial score (nSPS) is 10.8. The summed E-state index contributed by atoms with van der Waals surface area (Å²) >= 11 is 0. The van der Waals surface area contributed by atoms with Gasteiger partial charge in [-0.25, -0.2) is 9.97 Å². The Labute approximate surface area is 122 Å². The zero-order chi connectivity index (χ0) is 14.7. The van der Waals surface area contributed by atoms with Crippen LogP contribution in [0.25, 0.3) is 5.65 Å². The Hall–Kier alpha value is -2.60. The van der Waals surface area contributed by atoms with Crippen LogP contribution in [0.4, 0.5) is 17.3 Å². The smallest absolute Gasteiger partial charge is 0.180 e. The standard InChI is InChI=1S/C15H17N5O/c1-16-13-9-20-8-7-17-15(20)14(19-13)18-12-6-4-3-5-11(12)10-21-2/h3-9,16H,10H2,1-2H3,(H,18,19). The summed E-state index contributed by atoms with van der Waals surface area (Å²) in [5, 5.41) is 6.40. The molecular formula is C15H17N5O. The van der Waals surface area contributed by atoms with Crippen molar-refractivity contribution in [2.45, 2.75) is 6.61 Å². The Morgan fingerprint density at radius 1 is 1.29 bits per heavy atom. The Balaban J connectivity index is 2.03. The van der Waals surface area contributed by atoms with Crippen molar-refractivity contribution in [1.82, 2.24) is 14.4 Å². The van der Waals surface area contributed by atoms with Crippen molar-refractivity contribution in [1.29, 1.82) is 0 Å². The molecule has 2 aromatic heterocycles. The Morgan fingerprint density at radius 3 is 2.95 bits per heavy atom. The van der Waals surface area contributed by atoms with Gasteiger partial charge in [0.2, 0.25) is 0 Å². The minimum atomic E-state index is 0.541. The Bertz CT molecular complexity index is 753. The lowest BCUT2D eigenvalue weighted by molar-refractivity contribution is 0.185. The second kappa shape index (κ2) is 5.80. The zero-order valence-corrected chi connectivity index (χ0v) is 12.0. The first-order valence-electron chi connectivity index (χ1n) is 6.67. The maximum atomic E-state index is 5.23. The van der Waals surface area contributed by atoms with Gasteiger partial charge < -0.3 is 19.8 Å². The van der Waals surface area contributed by atoms with Crippen LogP contribution in [0.3, 0.4) is 0 Å². The molecule has 3 rings (SSSR count). The number of rotatable bonds is 5. The van der Waals surface area contributed by atoms with E-state index < -0.39 is 0 Å². The van der Waals surface area contributed by atoms with Crippen molar-refractivity contribution < 1.29 is 4.74 Å². The van der Waals surface area contributed by atoms with E-state index in [0.717, 1.165) is 22.7 Å². The lowest BCUT2D eigenvalue weighted by Gasteiger charge is -2.12. The third kappa shape index (κ3) is 2.66. The average Bonchev–Trinajstić information content (AvgIpc) is 2.98. The van der Waals surface area contributed by atoms with Crippen LogP contribution in [0.15, 0.2) is 42.9 Å². The molecule has 6 nitrogen and oxygen atoms in total. The second-order valence-electron chi connectivity index (χ2n) is 4.60. The molecule has 6 heteroatoms. The summed E-state index contributed by atoms with van der Waals surface area (Å²) in [4.78, 5) is 8.89. The molecule has 0 unspecified atom stereocenters. The van der Waals surface area contributed by atoms with Gasteiger partial charge in [-0.1, -0.05) is 18.2 Å². The topological polar surface area (TPSA) is 63.5 Å². The fourth-order valence-corrected chi connectivity index (χ4v) is 2.19. The first-order valence-corrected chi connectivity index (χ1v) is 6.67. The maximum Gasteiger partial charge on any atom is 0.180 e. The fraction of sp³-hybridized carbons (Fsp3) is 0.200. The lowest BCUT2D eigenvalue weighted by Crippen LogP contribution is -2.04. The SMILES string of the molecule is CNc1cn2ccnc2c(Nc2ccccc2COC)n1. The molecule has 2 heterocycles. The molecule has 0 atom stereocenters. The summed E-state index contributed by atoms with van der Waals surface area (Å²) in [5.41, 5.74) is 2.81. The number of benzene rings is 1. The minimum absolute atomic E-state index is 0.541. The number of anilines is 3. The molecule has 0 saturated carbocycles. The average molecular weight is 283 g/mol. The summed E-state index contributed by atoms with van der Waals surface area (Å²) in [7, 11) is 3.53. The van der Waals surface area contributed by atoms with Crippen molar-refractivity contribution in [3.05, 3.63) is 48.4 Å². The van der Waals surface area contributed by atoms with Gasteiger partial charge in [0, 0.05) is 37.8 Å². The van der Waals surface area contributed by atoms with Gasteiger partial charge in [-0.2, -0.15) is 0 Å². The van der Waals surface area contributed by atoms with E-state index in [1.807, 2.05) is 48.1 Å². The predicted molar refractivity (Wildman–Crippen MR) is 83.0 cm³/mol. The van der Waals surface area contributed by atoms with Crippen LogP contribution in [-0.2, 0) is 11.3 Å². The van der Waals surface area contributed by atoms with Gasteiger partial charge in [0.25, 0.3) is 0 Å². The number of fused-ring (bicyclic) bond motifs is 1. The maximum absolute atomic E-state index is 5.23. The molecule has 0 aliphatic rings. The third-order valence-electron chi connectivity index (χ3n) is 3.20. The minimum Gasteiger partial charge on any atom is -0.380 e. The van der Waals surface area contributed by atoms with E-state index >= 15 is 0 Å². The number of nitrogens with one attached hydrogen (secondary N) is 2. The summed E-state index contributed by atoms with van der Waals surface area (Å²) in [6, 6.07) is 7.99. The first-order chi connectivity index (χ1) is 10.3. The van der Waals surface area contributed by atoms with E-state index in [-0.39, 0.29) is 0 Å². The molecule has 0 bridgehead atoms. The Kier molecular flexibility index (Phi) is 3.70. The van der Waals surface area contributed by atoms with E-state index in [1.54, 1.807) is 13.3 Å². The van der Waals surface area contributed by atoms with Crippen LogP contribution in [0.1, 0.15) is 5.56 Å². The van der Waals surface area contributed by atoms with Gasteiger partial charge in [0.1, 0.15) is 5.82 Å². The first kappa shape index (κ1) is 13.4. The zero-order valence-electron chi connectivity index (χ0n) is 12.0. The van der Waals surface area contributed by atoms with Crippen LogP contribution < -0.4 is 10.6 Å². The van der Waals surface area contributed by atoms with Gasteiger partial charge in [-0.05, 0) is 6.07 Å². The number of hydrogen-bond acceptors (Lipinski definition) is 5. The van der Waals surface area contributed by atoms with Gasteiger partial charge >= 0.3 is 0 Å². The van der Waals surface area contributed by atoms with Crippen LogP contribution in [-0.4, -0.2) is 28.5 Å². The predicted octanol–water partition coefficient (Wildman–Crippen LogP) is 2.66. The van der Waals surface area contributed by atoms with Crippen molar-refractivity contribution in [2.75, 3.05) is 24.8 Å². The molecular weight excluding hydrogens is 266 g/mol. The van der Waals surface area contributed by atoms with Crippen LogP contribution in [0.2, 0.25) is 0 Å². The van der Waals surface area contributed by atoms with Crippen molar-refractivity contribution in [3.8, 4) is 0 Å². The molecule has 0 amide bonds. The third-order valence-corrected chi connectivity index (χ3v) is 3.20. The molecule has 0 saturated heterocycles. The van der Waals surface area contributed by atoms with Gasteiger partial charge in [-0.15, -0.1) is 0 Å². The molecule has 3 aromatic rings. The van der Waals surface area contributed by atoms with Crippen LogP contribution >= 0.6 is 0 Å². The van der Waals surface area contributed by atoms with E-state index in [1.165, 1.54) is 0 Å². The molecule has 0 aliphatic carbocycles. The molecule has 108 valence electrons. The van der Waals surface area contributed by atoms with E-state index in [2.05, 4.69) is 20.6 Å². The molecule has 0 fully saturated rings. The van der Waals surface area contributed by atoms with E-state index in [4.69, 9.17) is 4.74 Å². The van der Waals surface area contributed by atoms with E-state index in [0.29, 0.717) is 12.4 Å². The van der Waals surface area contributed by atoms with Gasteiger partial charge in [0.05, 0.1) is 12.8 Å². The number of nitrogens with zero attached hydrogens (tertiary/aromatic N) is 3. The number of ether oxygens (including phenoxy) is 1. The fourth-order valence-electron chi connectivity index (χ4n) is 2.19. The van der Waals surface area contributed by atoms with Crippen LogP contribution in [0.5, 0.6) is 0 Å². The largest absolute Gasteiger partial charge is 0.380 e. The second-order valence-corrected chi connectivity index (χ2v) is 4.60. The highest BCUT2D eigenvalue weighted by Gasteiger charge is 2.09. The van der Waals surface area contributed by atoms with Gasteiger partial charge in [0.15, 0.2) is 11.5 Å². The molecule has 0 aliphatic heterocycles. The number of imidazole rings is 1. The summed E-state index contributed by atoms with van der Waals surface area (Å²) in [6.45, 7) is 0.541. The van der Waals surface area contributed by atoms with Crippen molar-refractivity contribution >= 4 is 23.0 Å². The lowest BCUT2D eigenvalue weighted by atomic mass is 10.2.